The molecule has 4 nitrogen and oxygen atoms in total. The van der Waals surface area contributed by atoms with Gasteiger partial charge < -0.3 is 4.74 Å². The molecular formula is C14H14F5N3O. The molecule has 0 radical (unpaired) electrons. The molecule has 126 valence electrons. The lowest BCUT2D eigenvalue weighted by Crippen LogP contribution is -2.21. The molecule has 0 aliphatic carbocycles. The maximum atomic E-state index is 12.7. The van der Waals surface area contributed by atoms with Crippen molar-refractivity contribution >= 4 is 0 Å². The highest BCUT2D eigenvalue weighted by Crippen LogP contribution is 2.24. The summed E-state index contributed by atoms with van der Waals surface area (Å²) in [6, 6.07) is 5.51. The summed E-state index contributed by atoms with van der Waals surface area (Å²) in [5.74, 6) is -0.150. The van der Waals surface area contributed by atoms with E-state index in [4.69, 9.17) is 0 Å². The zero-order chi connectivity index (χ0) is 17.0. The Morgan fingerprint density at radius 1 is 1.26 bits per heavy atom. The fraction of sp³-hybridized carbons (Fsp3) is 0.357. The molecule has 1 aromatic carbocycles. The number of imidazole rings is 1. The topological polar surface area (TPSA) is 30.3 Å². The van der Waals surface area contributed by atoms with Gasteiger partial charge in [0.05, 0.1) is 6.54 Å². The van der Waals surface area contributed by atoms with Crippen molar-refractivity contribution in [3.8, 4) is 5.75 Å². The number of hydrogen-bond donors (Lipinski definition) is 0. The molecule has 0 aliphatic rings. The van der Waals surface area contributed by atoms with Crippen LogP contribution in [0.3, 0.4) is 0 Å². The predicted molar refractivity (Wildman–Crippen MR) is 71.8 cm³/mol. The van der Waals surface area contributed by atoms with Crippen LogP contribution in [0.15, 0.2) is 36.7 Å². The Hall–Kier alpha value is -2.16. The van der Waals surface area contributed by atoms with Gasteiger partial charge in [-0.15, -0.1) is 13.2 Å². The summed E-state index contributed by atoms with van der Waals surface area (Å²) in [5, 5.41) is 0. The zero-order valence-corrected chi connectivity index (χ0v) is 12.1. The van der Waals surface area contributed by atoms with Crippen LogP contribution in [-0.4, -0.2) is 27.9 Å². The van der Waals surface area contributed by atoms with Crippen molar-refractivity contribution in [1.29, 1.82) is 0 Å². The fourth-order valence-corrected chi connectivity index (χ4v) is 2.09. The van der Waals surface area contributed by atoms with E-state index in [1.54, 1.807) is 18.0 Å². The van der Waals surface area contributed by atoms with Gasteiger partial charge in [0.25, 0.3) is 0 Å². The highest BCUT2D eigenvalue weighted by atomic mass is 19.4. The van der Waals surface area contributed by atoms with Gasteiger partial charge in [0, 0.05) is 18.9 Å². The third kappa shape index (κ3) is 5.20. The predicted octanol–water partition coefficient (Wildman–Crippen LogP) is 3.81. The van der Waals surface area contributed by atoms with Crippen molar-refractivity contribution in [3.05, 3.63) is 48.0 Å². The summed E-state index contributed by atoms with van der Waals surface area (Å²) in [4.78, 5) is 5.51. The van der Waals surface area contributed by atoms with Crippen LogP contribution in [0, 0.1) is 0 Å². The maximum absolute atomic E-state index is 12.7. The molecule has 1 heterocycles. The number of hydrogen-bond acceptors (Lipinski definition) is 3. The lowest BCUT2D eigenvalue weighted by atomic mass is 10.2. The van der Waals surface area contributed by atoms with E-state index in [1.807, 2.05) is 0 Å². The van der Waals surface area contributed by atoms with Gasteiger partial charge in [-0.3, -0.25) is 9.47 Å². The standard InChI is InChI=1S/C14H14F5N3O/c1-21(9-12-20-5-6-22(12)13(15)16)8-10-3-2-4-11(7-10)23-14(17,18)19/h2-7,13H,8-9H2,1H3. The van der Waals surface area contributed by atoms with E-state index >= 15 is 0 Å². The van der Waals surface area contributed by atoms with Gasteiger partial charge in [0.2, 0.25) is 0 Å². The Kier molecular flexibility index (Phi) is 5.19. The highest BCUT2D eigenvalue weighted by molar-refractivity contribution is 5.28. The van der Waals surface area contributed by atoms with Crippen LogP contribution >= 0.6 is 0 Å². The summed E-state index contributed by atoms with van der Waals surface area (Å²) >= 11 is 0. The number of alkyl halides is 5. The van der Waals surface area contributed by atoms with Crippen molar-refractivity contribution < 1.29 is 26.7 Å². The van der Waals surface area contributed by atoms with Crippen LogP contribution in [0.25, 0.3) is 0 Å². The van der Waals surface area contributed by atoms with Crippen molar-refractivity contribution in [2.75, 3.05) is 7.05 Å². The first-order valence-corrected chi connectivity index (χ1v) is 6.57. The Morgan fingerprint density at radius 2 is 2.00 bits per heavy atom. The van der Waals surface area contributed by atoms with Gasteiger partial charge >= 0.3 is 12.9 Å². The number of benzene rings is 1. The lowest BCUT2D eigenvalue weighted by molar-refractivity contribution is -0.274. The van der Waals surface area contributed by atoms with Gasteiger partial charge in [0.15, 0.2) is 0 Å². The minimum absolute atomic E-state index is 0.127. The van der Waals surface area contributed by atoms with Crippen LogP contribution in [0.5, 0.6) is 5.75 Å². The first kappa shape index (κ1) is 17.2. The van der Waals surface area contributed by atoms with Crippen LogP contribution in [0.1, 0.15) is 17.9 Å². The molecule has 0 amide bonds. The number of halogens is 5. The molecule has 0 fully saturated rings. The molecule has 0 saturated heterocycles. The normalized spacial score (nSPS) is 12.2. The highest BCUT2D eigenvalue weighted by Gasteiger charge is 2.31. The Morgan fingerprint density at radius 3 is 2.65 bits per heavy atom. The molecule has 0 N–H and O–H groups in total. The average Bonchev–Trinajstić information content (AvgIpc) is 2.85. The van der Waals surface area contributed by atoms with Crippen molar-refractivity contribution in [2.24, 2.45) is 0 Å². The molecule has 0 unspecified atom stereocenters. The van der Waals surface area contributed by atoms with Crippen LogP contribution in [0.4, 0.5) is 22.0 Å². The Labute approximate surface area is 129 Å². The second kappa shape index (κ2) is 6.95. The molecule has 0 aliphatic heterocycles. The monoisotopic (exact) mass is 335 g/mol. The van der Waals surface area contributed by atoms with Gasteiger partial charge in [-0.25, -0.2) is 4.98 Å². The van der Waals surface area contributed by atoms with E-state index in [-0.39, 0.29) is 24.7 Å². The first-order chi connectivity index (χ1) is 10.7. The van der Waals surface area contributed by atoms with E-state index in [9.17, 15) is 22.0 Å². The smallest absolute Gasteiger partial charge is 0.406 e. The molecule has 1 aromatic heterocycles. The number of nitrogens with zero attached hydrogens (tertiary/aromatic N) is 3. The third-order valence-electron chi connectivity index (χ3n) is 2.96. The third-order valence-corrected chi connectivity index (χ3v) is 2.96. The van der Waals surface area contributed by atoms with Crippen LogP contribution in [0.2, 0.25) is 0 Å². The zero-order valence-electron chi connectivity index (χ0n) is 12.1. The molecule has 0 bridgehead atoms. The fourth-order valence-electron chi connectivity index (χ4n) is 2.09. The molecule has 23 heavy (non-hydrogen) atoms. The SMILES string of the molecule is CN(Cc1cccc(OC(F)(F)F)c1)Cc1nccn1C(F)F. The van der Waals surface area contributed by atoms with E-state index in [0.29, 0.717) is 5.56 Å². The Balaban J connectivity index is 2.01. The maximum Gasteiger partial charge on any atom is 0.573 e. The number of ether oxygens (including phenoxy) is 1. The number of rotatable bonds is 6. The van der Waals surface area contributed by atoms with Crippen molar-refractivity contribution in [1.82, 2.24) is 14.5 Å². The summed E-state index contributed by atoms with van der Waals surface area (Å²) in [5.41, 5.74) is 0.560. The molecule has 0 saturated carbocycles. The lowest BCUT2D eigenvalue weighted by Gasteiger charge is -2.18. The molecule has 0 atom stereocenters. The van der Waals surface area contributed by atoms with E-state index < -0.39 is 12.9 Å². The van der Waals surface area contributed by atoms with Crippen molar-refractivity contribution in [3.63, 3.8) is 0 Å². The molecule has 9 heteroatoms. The van der Waals surface area contributed by atoms with Gasteiger partial charge in [-0.2, -0.15) is 8.78 Å². The number of aromatic nitrogens is 2. The second-order valence-electron chi connectivity index (χ2n) is 4.90. The minimum atomic E-state index is -4.76. The second-order valence-corrected chi connectivity index (χ2v) is 4.90. The summed E-state index contributed by atoms with van der Waals surface area (Å²) in [7, 11) is 1.65. The molecular weight excluding hydrogens is 321 g/mol. The summed E-state index contributed by atoms with van der Waals surface area (Å²) in [6.45, 7) is -2.31. The van der Waals surface area contributed by atoms with Crippen LogP contribution < -0.4 is 4.74 Å². The van der Waals surface area contributed by atoms with E-state index in [1.165, 1.54) is 30.6 Å². The van der Waals surface area contributed by atoms with Crippen LogP contribution in [-0.2, 0) is 13.1 Å². The quantitative estimate of drug-likeness (QED) is 0.752. The molecule has 0 spiro atoms. The largest absolute Gasteiger partial charge is 0.573 e. The Bertz CT molecular complexity index is 641. The van der Waals surface area contributed by atoms with Crippen molar-refractivity contribution in [2.45, 2.75) is 26.0 Å². The molecule has 2 rings (SSSR count). The van der Waals surface area contributed by atoms with E-state index in [0.717, 1.165) is 4.57 Å². The average molecular weight is 335 g/mol. The summed E-state index contributed by atoms with van der Waals surface area (Å²) < 4.78 is 66.6. The van der Waals surface area contributed by atoms with Gasteiger partial charge in [0.1, 0.15) is 11.6 Å². The first-order valence-electron chi connectivity index (χ1n) is 6.57. The van der Waals surface area contributed by atoms with E-state index in [2.05, 4.69) is 9.72 Å². The summed E-state index contributed by atoms with van der Waals surface area (Å²) in [6.07, 6.45) is -2.31. The molecule has 2 aromatic rings. The minimum Gasteiger partial charge on any atom is -0.406 e. The van der Waals surface area contributed by atoms with Gasteiger partial charge in [-0.1, -0.05) is 12.1 Å². The van der Waals surface area contributed by atoms with Gasteiger partial charge in [-0.05, 0) is 24.7 Å².